The summed E-state index contributed by atoms with van der Waals surface area (Å²) in [6.45, 7) is 2.71. The number of thiophene rings is 1. The Bertz CT molecular complexity index is 978. The van der Waals surface area contributed by atoms with E-state index < -0.39 is 11.6 Å². The fourth-order valence-electron chi connectivity index (χ4n) is 5.96. The van der Waals surface area contributed by atoms with E-state index in [1.54, 1.807) is 12.4 Å². The van der Waals surface area contributed by atoms with E-state index in [-0.39, 0.29) is 40.8 Å². The lowest BCUT2D eigenvalue weighted by Gasteiger charge is -2.51. The number of quaternary nitrogens is 1. The van der Waals surface area contributed by atoms with Crippen LogP contribution in [0.15, 0.2) is 36.1 Å². The van der Waals surface area contributed by atoms with Gasteiger partial charge in [0.15, 0.2) is 24.1 Å². The zero-order valence-electron chi connectivity index (χ0n) is 19.1. The Morgan fingerprint density at radius 2 is 1.97 bits per heavy atom. The van der Waals surface area contributed by atoms with Crippen LogP contribution in [0, 0.1) is 11.8 Å². The largest absolute Gasteiger partial charge is 1.00 e. The molecule has 2 bridgehead atoms. The second-order valence-corrected chi connectivity index (χ2v) is 10.7. The first kappa shape index (κ1) is 25.2. The standard InChI is InChI=1S/C24H30N4O4S.BrH/c29-22(27-21-14-25-9-10-26-21)16-28-11-7-17(8-12-28)19(15-28)32-23(30)24(31,18-4-1-2-5-18)20-6-3-13-33-20;/h3,6,9-10,13-14,17-19,31H,1-2,4-5,7-8,11-12,15-16H2;1H/t17?,19?,24-,28?;/m0./s1. The van der Waals surface area contributed by atoms with Crippen molar-refractivity contribution in [1.82, 2.24) is 9.97 Å². The first-order valence-corrected chi connectivity index (χ1v) is 12.7. The molecule has 6 rings (SSSR count). The maximum atomic E-state index is 13.5. The number of ether oxygens (including phenoxy) is 1. The third-order valence-electron chi connectivity index (χ3n) is 7.76. The van der Waals surface area contributed by atoms with Gasteiger partial charge in [-0.2, -0.15) is 0 Å². The van der Waals surface area contributed by atoms with Crippen LogP contribution in [0.2, 0.25) is 0 Å². The summed E-state index contributed by atoms with van der Waals surface area (Å²) < 4.78 is 6.70. The van der Waals surface area contributed by atoms with Crippen molar-refractivity contribution in [2.45, 2.75) is 50.2 Å². The topological polar surface area (TPSA) is 101 Å². The number of aliphatic hydroxyl groups is 1. The van der Waals surface area contributed by atoms with E-state index in [0.29, 0.717) is 28.3 Å². The van der Waals surface area contributed by atoms with E-state index >= 15 is 0 Å². The molecule has 2 aromatic rings. The molecule has 0 aromatic carbocycles. The average molecular weight is 552 g/mol. The van der Waals surface area contributed by atoms with Crippen molar-refractivity contribution in [3.63, 3.8) is 0 Å². The minimum Gasteiger partial charge on any atom is -1.00 e. The Hall–Kier alpha value is -1.88. The number of nitrogens with zero attached hydrogens (tertiary/aromatic N) is 3. The summed E-state index contributed by atoms with van der Waals surface area (Å²) in [6.07, 6.45) is 9.90. The van der Waals surface area contributed by atoms with Crippen LogP contribution in [-0.2, 0) is 19.9 Å². The van der Waals surface area contributed by atoms with E-state index in [0.717, 1.165) is 51.6 Å². The SMILES string of the molecule is O=C(C[N+]12CCC(CC1)C(OC(=O)[C@@](O)(c1cccs1)C1CCCC1)C2)Nc1cnccn1.[Br-]. The summed E-state index contributed by atoms with van der Waals surface area (Å²) in [5.74, 6) is -0.00770. The van der Waals surface area contributed by atoms with Crippen molar-refractivity contribution in [3.8, 4) is 0 Å². The highest BCUT2D eigenvalue weighted by Crippen LogP contribution is 2.44. The quantitative estimate of drug-likeness (QED) is 0.363. The number of aromatic nitrogens is 2. The van der Waals surface area contributed by atoms with Crippen LogP contribution in [0.25, 0.3) is 0 Å². The van der Waals surface area contributed by atoms with E-state index in [1.165, 1.54) is 17.5 Å². The molecule has 1 saturated carbocycles. The lowest BCUT2D eigenvalue weighted by atomic mass is 9.82. The van der Waals surface area contributed by atoms with Gasteiger partial charge in [-0.1, -0.05) is 18.9 Å². The molecule has 4 aliphatic rings. The molecular formula is C24H31BrN4O4S. The second-order valence-electron chi connectivity index (χ2n) is 9.77. The molecule has 0 radical (unpaired) electrons. The van der Waals surface area contributed by atoms with Crippen LogP contribution in [-0.4, -0.2) is 63.7 Å². The van der Waals surface area contributed by atoms with Gasteiger partial charge in [-0.15, -0.1) is 11.3 Å². The molecule has 1 unspecified atom stereocenters. The number of amides is 1. The Morgan fingerprint density at radius 3 is 2.62 bits per heavy atom. The molecule has 2 atom stereocenters. The fourth-order valence-corrected chi connectivity index (χ4v) is 6.85. The maximum absolute atomic E-state index is 13.5. The lowest BCUT2D eigenvalue weighted by molar-refractivity contribution is -0.939. The number of piperidine rings is 3. The van der Waals surface area contributed by atoms with Crippen LogP contribution in [0.1, 0.15) is 43.4 Å². The Kier molecular flexibility index (Phi) is 7.71. The first-order valence-electron chi connectivity index (χ1n) is 11.9. The molecule has 8 nitrogen and oxygen atoms in total. The number of halogens is 1. The molecule has 1 amide bonds. The van der Waals surface area contributed by atoms with Gasteiger partial charge in [-0.05, 0) is 24.3 Å². The van der Waals surface area contributed by atoms with Crippen LogP contribution < -0.4 is 22.3 Å². The van der Waals surface area contributed by atoms with Crippen molar-refractivity contribution in [3.05, 3.63) is 41.0 Å². The van der Waals surface area contributed by atoms with Crippen LogP contribution in [0.4, 0.5) is 5.82 Å². The number of anilines is 1. The number of carbonyl (C=O) groups is 2. The van der Waals surface area contributed by atoms with Gasteiger partial charge in [0.05, 0.1) is 19.3 Å². The molecule has 0 spiro atoms. The predicted molar refractivity (Wildman–Crippen MR) is 123 cm³/mol. The zero-order valence-corrected chi connectivity index (χ0v) is 21.5. The molecular weight excluding hydrogens is 520 g/mol. The Labute approximate surface area is 214 Å². The van der Waals surface area contributed by atoms with Crippen LogP contribution >= 0.6 is 11.3 Å². The molecule has 3 saturated heterocycles. The third-order valence-corrected chi connectivity index (χ3v) is 8.76. The summed E-state index contributed by atoms with van der Waals surface area (Å²) in [4.78, 5) is 35.0. The number of hydrogen-bond acceptors (Lipinski definition) is 7. The number of hydrogen-bond donors (Lipinski definition) is 2. The average Bonchev–Trinajstić information content (AvgIpc) is 3.54. The van der Waals surface area contributed by atoms with E-state index in [9.17, 15) is 14.7 Å². The number of nitrogens with one attached hydrogen (secondary N) is 1. The molecule has 184 valence electrons. The molecule has 3 aliphatic heterocycles. The number of carbonyl (C=O) groups excluding carboxylic acids is 2. The van der Waals surface area contributed by atoms with Crippen molar-refractivity contribution in [2.24, 2.45) is 11.8 Å². The molecule has 2 aromatic heterocycles. The number of fused-ring (bicyclic) bond motifs is 3. The normalized spacial score (nSPS) is 28.0. The number of rotatable bonds is 7. The zero-order chi connectivity index (χ0) is 22.9. The summed E-state index contributed by atoms with van der Waals surface area (Å²) in [5.41, 5.74) is -1.58. The molecule has 2 N–H and O–H groups in total. The maximum Gasteiger partial charge on any atom is 0.344 e. The predicted octanol–water partition coefficient (Wildman–Crippen LogP) is -0.289. The van der Waals surface area contributed by atoms with Crippen molar-refractivity contribution >= 4 is 29.0 Å². The first-order chi connectivity index (χ1) is 16.0. The third kappa shape index (κ3) is 4.91. The summed E-state index contributed by atoms with van der Waals surface area (Å²) >= 11 is 1.41. The minimum absolute atomic E-state index is 0. The van der Waals surface area contributed by atoms with E-state index in [2.05, 4.69) is 15.3 Å². The highest BCUT2D eigenvalue weighted by Gasteiger charge is 2.53. The smallest absolute Gasteiger partial charge is 0.344 e. The van der Waals surface area contributed by atoms with E-state index in [4.69, 9.17) is 4.74 Å². The molecule has 34 heavy (non-hydrogen) atoms. The van der Waals surface area contributed by atoms with Crippen molar-refractivity contribution in [2.75, 3.05) is 31.5 Å². The Morgan fingerprint density at radius 1 is 1.21 bits per heavy atom. The van der Waals surface area contributed by atoms with Gasteiger partial charge >= 0.3 is 5.97 Å². The summed E-state index contributed by atoms with van der Waals surface area (Å²) in [7, 11) is 0. The highest BCUT2D eigenvalue weighted by atomic mass is 79.9. The van der Waals surface area contributed by atoms with Gasteiger partial charge in [0, 0.05) is 41.9 Å². The fraction of sp³-hybridized carbons (Fsp3) is 0.583. The van der Waals surface area contributed by atoms with Crippen molar-refractivity contribution in [1.29, 1.82) is 0 Å². The summed E-state index contributed by atoms with van der Waals surface area (Å²) in [6, 6.07) is 3.71. The summed E-state index contributed by atoms with van der Waals surface area (Å²) in [5, 5.41) is 16.4. The van der Waals surface area contributed by atoms with Gasteiger partial charge in [0.2, 0.25) is 0 Å². The second kappa shape index (κ2) is 10.4. The molecule has 5 heterocycles. The van der Waals surface area contributed by atoms with E-state index in [1.807, 2.05) is 17.5 Å². The van der Waals surface area contributed by atoms with Crippen LogP contribution in [0.3, 0.4) is 0 Å². The van der Waals surface area contributed by atoms with Gasteiger partial charge in [-0.3, -0.25) is 9.78 Å². The molecule has 4 fully saturated rings. The monoisotopic (exact) mass is 550 g/mol. The van der Waals surface area contributed by atoms with Gasteiger partial charge in [0.1, 0.15) is 6.54 Å². The van der Waals surface area contributed by atoms with Crippen LogP contribution in [0.5, 0.6) is 0 Å². The minimum atomic E-state index is -1.58. The molecule has 1 aliphatic carbocycles. The van der Waals surface area contributed by atoms with Crippen molar-refractivity contribution < 1.29 is 40.9 Å². The Balaban J connectivity index is 0.00000274. The highest BCUT2D eigenvalue weighted by molar-refractivity contribution is 7.10. The molecule has 10 heteroatoms. The van der Waals surface area contributed by atoms with Gasteiger partial charge < -0.3 is 36.6 Å². The lowest BCUT2D eigenvalue weighted by Crippen LogP contribution is -3.00. The van der Waals surface area contributed by atoms with Gasteiger partial charge in [0.25, 0.3) is 5.91 Å². The van der Waals surface area contributed by atoms with Gasteiger partial charge in [-0.25, -0.2) is 9.78 Å². The number of esters is 1.